The Morgan fingerprint density at radius 3 is 2.45 bits per heavy atom. The lowest BCUT2D eigenvalue weighted by molar-refractivity contribution is -0.137. The Morgan fingerprint density at radius 1 is 1.20 bits per heavy atom. The first-order valence-electron chi connectivity index (χ1n) is 6.53. The molecule has 1 aliphatic carbocycles. The second kappa shape index (κ2) is 5.69. The highest BCUT2D eigenvalue weighted by Crippen LogP contribution is 2.47. The first-order valence-corrected chi connectivity index (χ1v) is 6.53. The molecule has 0 unspecified atom stereocenters. The van der Waals surface area contributed by atoms with E-state index in [1.54, 1.807) is 0 Å². The fourth-order valence-electron chi connectivity index (χ4n) is 2.32. The summed E-state index contributed by atoms with van der Waals surface area (Å²) in [5.74, 6) is -0.881. The summed E-state index contributed by atoms with van der Waals surface area (Å²) in [6.07, 6.45) is -1.82. The van der Waals surface area contributed by atoms with Gasteiger partial charge in [0, 0.05) is 19.7 Å². The molecule has 0 radical (unpaired) electrons. The first-order chi connectivity index (χ1) is 9.35. The van der Waals surface area contributed by atoms with E-state index in [9.17, 15) is 17.6 Å². The predicted molar refractivity (Wildman–Crippen MR) is 66.5 cm³/mol. The summed E-state index contributed by atoms with van der Waals surface area (Å²) in [6, 6.07) is 2.56. The van der Waals surface area contributed by atoms with Crippen LogP contribution in [0.3, 0.4) is 0 Å². The first kappa shape index (κ1) is 15.3. The van der Waals surface area contributed by atoms with Gasteiger partial charge in [-0.3, -0.25) is 0 Å². The molecular formula is C14H17F4NO. The predicted octanol–water partition coefficient (Wildman–Crippen LogP) is 3.10. The average Bonchev–Trinajstić information content (AvgIpc) is 3.08. The molecule has 112 valence electrons. The van der Waals surface area contributed by atoms with Crippen LogP contribution in [0.15, 0.2) is 18.2 Å². The molecule has 6 heteroatoms. The topological polar surface area (TPSA) is 32.3 Å². The lowest BCUT2D eigenvalue weighted by Gasteiger charge is -2.15. The monoisotopic (exact) mass is 291 g/mol. The van der Waals surface area contributed by atoms with Gasteiger partial charge >= 0.3 is 6.18 Å². The number of aliphatic hydroxyl groups excluding tert-OH is 1. The van der Waals surface area contributed by atoms with Gasteiger partial charge in [-0.15, -0.1) is 0 Å². The van der Waals surface area contributed by atoms with Gasteiger partial charge in [-0.05, 0) is 48.4 Å². The number of rotatable bonds is 6. The molecular weight excluding hydrogens is 274 g/mol. The van der Waals surface area contributed by atoms with Gasteiger partial charge in [-0.25, -0.2) is 4.39 Å². The van der Waals surface area contributed by atoms with Crippen LogP contribution in [0.4, 0.5) is 17.6 Å². The zero-order valence-electron chi connectivity index (χ0n) is 10.9. The van der Waals surface area contributed by atoms with E-state index in [1.165, 1.54) is 0 Å². The van der Waals surface area contributed by atoms with Crippen LogP contribution in [-0.4, -0.2) is 18.3 Å². The van der Waals surface area contributed by atoms with Crippen molar-refractivity contribution < 1.29 is 22.7 Å². The van der Waals surface area contributed by atoms with E-state index in [2.05, 4.69) is 5.32 Å². The largest absolute Gasteiger partial charge is 0.416 e. The molecule has 2 nitrogen and oxygen atoms in total. The quantitative estimate of drug-likeness (QED) is 0.789. The Hall–Kier alpha value is -1.14. The normalized spacial score (nSPS) is 17.2. The Morgan fingerprint density at radius 2 is 1.90 bits per heavy atom. The van der Waals surface area contributed by atoms with Gasteiger partial charge in [0.25, 0.3) is 0 Å². The number of halogens is 4. The minimum absolute atomic E-state index is 0.0783. The van der Waals surface area contributed by atoms with Crippen LogP contribution in [0.5, 0.6) is 0 Å². The summed E-state index contributed by atoms with van der Waals surface area (Å²) >= 11 is 0. The smallest absolute Gasteiger partial charge is 0.396 e. The molecule has 1 aromatic carbocycles. The third-order valence-electron chi connectivity index (χ3n) is 3.71. The van der Waals surface area contributed by atoms with Crippen molar-refractivity contribution >= 4 is 0 Å². The van der Waals surface area contributed by atoms with Crippen LogP contribution >= 0.6 is 0 Å². The summed E-state index contributed by atoms with van der Waals surface area (Å²) in [6.45, 7) is 0.930. The number of nitrogens with one attached hydrogen (secondary N) is 1. The molecule has 20 heavy (non-hydrogen) atoms. The van der Waals surface area contributed by atoms with Crippen LogP contribution in [0, 0.1) is 11.2 Å². The molecule has 1 saturated carbocycles. The molecule has 0 aliphatic heterocycles. The maximum atomic E-state index is 13.2. The molecule has 0 saturated heterocycles. The standard InChI is InChI=1S/C14H17F4NO/c15-12-6-10(5-11(7-12)14(16,17)18)8-19-9-13(1-2-13)3-4-20/h5-7,19-20H,1-4,8-9H2. The summed E-state index contributed by atoms with van der Waals surface area (Å²) < 4.78 is 50.9. The highest BCUT2D eigenvalue weighted by molar-refractivity contribution is 5.26. The molecule has 0 amide bonds. The number of hydrogen-bond donors (Lipinski definition) is 2. The number of benzene rings is 1. The Bertz CT molecular complexity index is 469. The van der Waals surface area contributed by atoms with Gasteiger partial charge in [-0.2, -0.15) is 13.2 Å². The van der Waals surface area contributed by atoms with Crippen molar-refractivity contribution in [2.24, 2.45) is 5.41 Å². The molecule has 1 fully saturated rings. The third kappa shape index (κ3) is 3.93. The van der Waals surface area contributed by atoms with Gasteiger partial charge in [0.05, 0.1) is 5.56 Å². The Balaban J connectivity index is 1.94. The summed E-state index contributed by atoms with van der Waals surface area (Å²) in [5.41, 5.74) is -0.613. The average molecular weight is 291 g/mol. The SMILES string of the molecule is OCCC1(CNCc2cc(F)cc(C(F)(F)F)c2)CC1. The van der Waals surface area contributed by atoms with Crippen LogP contribution in [-0.2, 0) is 12.7 Å². The lowest BCUT2D eigenvalue weighted by atomic mass is 10.0. The van der Waals surface area contributed by atoms with Gasteiger partial charge in [0.15, 0.2) is 0 Å². The summed E-state index contributed by atoms with van der Waals surface area (Å²) in [7, 11) is 0. The third-order valence-corrected chi connectivity index (χ3v) is 3.71. The Labute approximate surface area is 114 Å². The minimum atomic E-state index is -4.54. The van der Waals surface area contributed by atoms with Crippen molar-refractivity contribution in [3.63, 3.8) is 0 Å². The van der Waals surface area contributed by atoms with E-state index < -0.39 is 17.6 Å². The van der Waals surface area contributed by atoms with Crippen LogP contribution in [0.1, 0.15) is 30.4 Å². The molecule has 2 rings (SSSR count). The van der Waals surface area contributed by atoms with E-state index in [-0.39, 0.29) is 24.1 Å². The summed E-state index contributed by atoms with van der Waals surface area (Å²) in [4.78, 5) is 0. The number of aliphatic hydroxyl groups is 1. The molecule has 0 spiro atoms. The second-order valence-electron chi connectivity index (χ2n) is 5.42. The van der Waals surface area contributed by atoms with Crippen molar-refractivity contribution in [1.29, 1.82) is 0 Å². The molecule has 2 N–H and O–H groups in total. The second-order valence-corrected chi connectivity index (χ2v) is 5.42. The van der Waals surface area contributed by atoms with Crippen molar-refractivity contribution in [3.8, 4) is 0 Å². The molecule has 0 atom stereocenters. The molecule has 0 heterocycles. The van der Waals surface area contributed by atoms with E-state index in [1.807, 2.05) is 0 Å². The zero-order chi connectivity index (χ0) is 14.8. The number of hydrogen-bond acceptors (Lipinski definition) is 2. The van der Waals surface area contributed by atoms with Crippen molar-refractivity contribution in [2.75, 3.05) is 13.2 Å². The zero-order valence-corrected chi connectivity index (χ0v) is 10.9. The van der Waals surface area contributed by atoms with Gasteiger partial charge in [0.2, 0.25) is 0 Å². The minimum Gasteiger partial charge on any atom is -0.396 e. The van der Waals surface area contributed by atoms with Crippen LogP contribution in [0.25, 0.3) is 0 Å². The fourth-order valence-corrected chi connectivity index (χ4v) is 2.32. The van der Waals surface area contributed by atoms with Gasteiger partial charge < -0.3 is 10.4 Å². The van der Waals surface area contributed by atoms with Crippen molar-refractivity contribution in [3.05, 3.63) is 35.1 Å². The van der Waals surface area contributed by atoms with E-state index >= 15 is 0 Å². The molecule has 1 aliphatic rings. The number of alkyl halides is 3. The maximum Gasteiger partial charge on any atom is 0.416 e. The molecule has 0 aromatic heterocycles. The van der Waals surface area contributed by atoms with Crippen LogP contribution in [0.2, 0.25) is 0 Å². The fraction of sp³-hybridized carbons (Fsp3) is 0.571. The van der Waals surface area contributed by atoms with Crippen LogP contribution < -0.4 is 5.32 Å². The van der Waals surface area contributed by atoms with E-state index in [4.69, 9.17) is 5.11 Å². The van der Waals surface area contributed by atoms with Crippen molar-refractivity contribution in [1.82, 2.24) is 5.32 Å². The maximum absolute atomic E-state index is 13.2. The molecule has 0 bridgehead atoms. The van der Waals surface area contributed by atoms with E-state index in [0.717, 1.165) is 25.0 Å². The highest BCUT2D eigenvalue weighted by Gasteiger charge is 2.41. The molecule has 1 aromatic rings. The lowest BCUT2D eigenvalue weighted by Crippen LogP contribution is -2.24. The summed E-state index contributed by atoms with van der Waals surface area (Å²) in [5, 5.41) is 12.0. The Kier molecular flexibility index (Phi) is 4.34. The highest BCUT2D eigenvalue weighted by atomic mass is 19.4. The van der Waals surface area contributed by atoms with Gasteiger partial charge in [-0.1, -0.05) is 0 Å². The van der Waals surface area contributed by atoms with Gasteiger partial charge in [0.1, 0.15) is 5.82 Å². The van der Waals surface area contributed by atoms with E-state index in [0.29, 0.717) is 19.0 Å². The van der Waals surface area contributed by atoms with Crippen molar-refractivity contribution in [2.45, 2.75) is 32.0 Å².